The number of aromatic nitrogens is 2. The van der Waals surface area contributed by atoms with E-state index in [9.17, 15) is 8.42 Å². The van der Waals surface area contributed by atoms with Gasteiger partial charge >= 0.3 is 0 Å². The predicted molar refractivity (Wildman–Crippen MR) is 70.4 cm³/mol. The van der Waals surface area contributed by atoms with E-state index in [-0.39, 0.29) is 22.2 Å². The summed E-state index contributed by atoms with van der Waals surface area (Å²) in [5.41, 5.74) is 0.330. The zero-order chi connectivity index (χ0) is 13.9. The van der Waals surface area contributed by atoms with Gasteiger partial charge < -0.3 is 0 Å². The summed E-state index contributed by atoms with van der Waals surface area (Å²) >= 11 is 5.90. The molecule has 1 heterocycles. The molecule has 0 aliphatic carbocycles. The van der Waals surface area contributed by atoms with Crippen LogP contribution < -0.4 is 0 Å². The Morgan fingerprint density at radius 1 is 1.42 bits per heavy atom. The highest BCUT2D eigenvalue weighted by Gasteiger charge is 2.18. The summed E-state index contributed by atoms with van der Waals surface area (Å²) in [5, 5.41) is 12.7. The van der Waals surface area contributed by atoms with E-state index in [4.69, 9.17) is 16.9 Å². The molecule has 0 bridgehead atoms. The summed E-state index contributed by atoms with van der Waals surface area (Å²) in [6.45, 7) is 0.256. The Hall–Kier alpha value is -1.84. The van der Waals surface area contributed by atoms with Gasteiger partial charge in [0, 0.05) is 12.4 Å². The summed E-state index contributed by atoms with van der Waals surface area (Å²) in [5.74, 6) is -0.0969. The van der Waals surface area contributed by atoms with Crippen LogP contribution >= 0.6 is 11.6 Å². The normalized spacial score (nSPS) is 11.2. The second-order valence-electron chi connectivity index (χ2n) is 3.85. The molecule has 7 heteroatoms. The minimum atomic E-state index is -3.49. The molecular formula is C12H10ClN3O2S. The molecule has 0 radical (unpaired) electrons. The summed E-state index contributed by atoms with van der Waals surface area (Å²) in [7, 11) is -3.49. The van der Waals surface area contributed by atoms with Crippen LogP contribution in [0.15, 0.2) is 41.6 Å². The van der Waals surface area contributed by atoms with E-state index in [1.165, 1.54) is 22.9 Å². The van der Waals surface area contributed by atoms with E-state index in [2.05, 4.69) is 5.10 Å². The quantitative estimate of drug-likeness (QED) is 0.863. The second kappa shape index (κ2) is 5.43. The standard InChI is InChI=1S/C12H10ClN3O2S/c13-11-8-10(9-14)2-3-12(11)19(17,18)7-6-16-5-1-4-15-16/h1-5,8H,6-7H2. The van der Waals surface area contributed by atoms with Gasteiger partial charge in [-0.1, -0.05) is 11.6 Å². The van der Waals surface area contributed by atoms with E-state index in [0.717, 1.165) is 0 Å². The van der Waals surface area contributed by atoms with Crippen molar-refractivity contribution in [2.75, 3.05) is 5.75 Å². The average molecular weight is 296 g/mol. The number of hydrogen-bond donors (Lipinski definition) is 0. The molecule has 1 aromatic heterocycles. The first-order valence-electron chi connectivity index (χ1n) is 5.43. The Labute approximate surface area is 116 Å². The molecular weight excluding hydrogens is 286 g/mol. The third kappa shape index (κ3) is 3.13. The van der Waals surface area contributed by atoms with Crippen LogP contribution in [0.4, 0.5) is 0 Å². The lowest BCUT2D eigenvalue weighted by Crippen LogP contribution is -2.14. The van der Waals surface area contributed by atoms with E-state index >= 15 is 0 Å². The van der Waals surface area contributed by atoms with Crippen molar-refractivity contribution in [3.63, 3.8) is 0 Å². The Morgan fingerprint density at radius 2 is 2.21 bits per heavy atom. The SMILES string of the molecule is N#Cc1ccc(S(=O)(=O)CCn2cccn2)c(Cl)c1. The Balaban J connectivity index is 2.22. The van der Waals surface area contributed by atoms with Crippen LogP contribution in [0.3, 0.4) is 0 Å². The molecule has 0 atom stereocenters. The lowest BCUT2D eigenvalue weighted by molar-refractivity contribution is 0.580. The number of aryl methyl sites for hydroxylation is 1. The molecule has 98 valence electrons. The molecule has 0 unspecified atom stereocenters. The zero-order valence-corrected chi connectivity index (χ0v) is 11.4. The first-order chi connectivity index (χ1) is 9.03. The number of halogens is 1. The van der Waals surface area contributed by atoms with Gasteiger partial charge in [0.25, 0.3) is 0 Å². The third-order valence-electron chi connectivity index (χ3n) is 2.54. The number of rotatable bonds is 4. The highest BCUT2D eigenvalue weighted by atomic mass is 35.5. The maximum Gasteiger partial charge on any atom is 0.181 e. The highest BCUT2D eigenvalue weighted by molar-refractivity contribution is 7.91. The summed E-state index contributed by atoms with van der Waals surface area (Å²) in [4.78, 5) is 0.0420. The average Bonchev–Trinajstić information content (AvgIpc) is 2.89. The van der Waals surface area contributed by atoms with Gasteiger partial charge in [-0.3, -0.25) is 4.68 Å². The first kappa shape index (κ1) is 13.6. The molecule has 1 aromatic carbocycles. The largest absolute Gasteiger partial charge is 0.272 e. The summed E-state index contributed by atoms with van der Waals surface area (Å²) < 4.78 is 25.8. The van der Waals surface area contributed by atoms with Crippen molar-refractivity contribution in [3.05, 3.63) is 47.2 Å². The van der Waals surface area contributed by atoms with Gasteiger partial charge in [0.2, 0.25) is 0 Å². The van der Waals surface area contributed by atoms with Gasteiger partial charge in [-0.05, 0) is 24.3 Å². The van der Waals surface area contributed by atoms with Crippen molar-refractivity contribution in [1.82, 2.24) is 9.78 Å². The number of hydrogen-bond acceptors (Lipinski definition) is 4. The van der Waals surface area contributed by atoms with Crippen molar-refractivity contribution in [1.29, 1.82) is 5.26 Å². The molecule has 0 aliphatic rings. The van der Waals surface area contributed by atoms with Crippen molar-refractivity contribution in [3.8, 4) is 6.07 Å². The molecule has 19 heavy (non-hydrogen) atoms. The van der Waals surface area contributed by atoms with Crippen LogP contribution in [0.25, 0.3) is 0 Å². The molecule has 2 aromatic rings. The lowest BCUT2D eigenvalue weighted by Gasteiger charge is -2.07. The minimum Gasteiger partial charge on any atom is -0.272 e. The topological polar surface area (TPSA) is 75.8 Å². The van der Waals surface area contributed by atoms with Crippen LogP contribution in [-0.4, -0.2) is 24.0 Å². The maximum atomic E-state index is 12.1. The predicted octanol–water partition coefficient (Wildman–Crippen LogP) is 1.88. The van der Waals surface area contributed by atoms with Crippen molar-refractivity contribution < 1.29 is 8.42 Å². The molecule has 5 nitrogen and oxygen atoms in total. The smallest absolute Gasteiger partial charge is 0.181 e. The van der Waals surface area contributed by atoms with Crippen LogP contribution in [-0.2, 0) is 16.4 Å². The number of nitriles is 1. The molecule has 0 aliphatic heterocycles. The monoisotopic (exact) mass is 295 g/mol. The minimum absolute atomic E-state index is 0.0420. The van der Waals surface area contributed by atoms with Gasteiger partial charge in [0.1, 0.15) is 0 Å². The van der Waals surface area contributed by atoms with Gasteiger partial charge in [0.15, 0.2) is 9.84 Å². The third-order valence-corrected chi connectivity index (χ3v) is 4.72. The fraction of sp³-hybridized carbons (Fsp3) is 0.167. The Morgan fingerprint density at radius 3 is 2.79 bits per heavy atom. The molecule has 0 fully saturated rings. The van der Waals surface area contributed by atoms with Crippen LogP contribution in [0.2, 0.25) is 5.02 Å². The highest BCUT2D eigenvalue weighted by Crippen LogP contribution is 2.23. The summed E-state index contributed by atoms with van der Waals surface area (Å²) in [6, 6.07) is 7.78. The fourth-order valence-corrected chi connectivity index (χ4v) is 3.39. The van der Waals surface area contributed by atoms with Crippen LogP contribution in [0.5, 0.6) is 0 Å². The Bertz CT molecular complexity index is 718. The molecule has 0 saturated heterocycles. The zero-order valence-electron chi connectivity index (χ0n) is 9.82. The van der Waals surface area contributed by atoms with E-state index in [1.807, 2.05) is 6.07 Å². The number of benzene rings is 1. The molecule has 0 amide bonds. The van der Waals surface area contributed by atoms with Crippen LogP contribution in [0, 0.1) is 11.3 Å². The first-order valence-corrected chi connectivity index (χ1v) is 7.46. The van der Waals surface area contributed by atoms with E-state index in [1.54, 1.807) is 18.5 Å². The molecule has 0 N–H and O–H groups in total. The van der Waals surface area contributed by atoms with Gasteiger partial charge in [-0.25, -0.2) is 8.42 Å². The molecule has 0 spiro atoms. The van der Waals surface area contributed by atoms with Gasteiger partial charge in [0.05, 0.1) is 33.8 Å². The van der Waals surface area contributed by atoms with Crippen molar-refractivity contribution in [2.24, 2.45) is 0 Å². The van der Waals surface area contributed by atoms with E-state index in [0.29, 0.717) is 5.56 Å². The Kier molecular flexibility index (Phi) is 3.88. The number of sulfone groups is 1. The van der Waals surface area contributed by atoms with Crippen molar-refractivity contribution in [2.45, 2.75) is 11.4 Å². The maximum absolute atomic E-state index is 12.1. The second-order valence-corrected chi connectivity index (χ2v) is 6.33. The van der Waals surface area contributed by atoms with E-state index < -0.39 is 9.84 Å². The van der Waals surface area contributed by atoms with Crippen LogP contribution in [0.1, 0.15) is 5.56 Å². The molecule has 2 rings (SSSR count). The van der Waals surface area contributed by atoms with Crippen molar-refractivity contribution >= 4 is 21.4 Å². The lowest BCUT2D eigenvalue weighted by atomic mass is 10.2. The summed E-state index contributed by atoms with van der Waals surface area (Å²) in [6.07, 6.45) is 3.28. The molecule has 0 saturated carbocycles. The van der Waals surface area contributed by atoms with Gasteiger partial charge in [-0.15, -0.1) is 0 Å². The fourth-order valence-electron chi connectivity index (χ4n) is 1.58. The number of nitrogens with zero attached hydrogens (tertiary/aromatic N) is 3. The van der Waals surface area contributed by atoms with Gasteiger partial charge in [-0.2, -0.15) is 10.4 Å².